The summed E-state index contributed by atoms with van der Waals surface area (Å²) in [5, 5.41) is 7.06. The molecule has 2 heterocycles. The predicted molar refractivity (Wildman–Crippen MR) is 131 cm³/mol. The van der Waals surface area contributed by atoms with E-state index in [1.165, 1.54) is 0 Å². The van der Waals surface area contributed by atoms with Crippen molar-refractivity contribution in [1.82, 2.24) is 20.3 Å². The fourth-order valence-electron chi connectivity index (χ4n) is 4.49. The van der Waals surface area contributed by atoms with Gasteiger partial charge >= 0.3 is 0 Å². The molecule has 0 aliphatic carbocycles. The van der Waals surface area contributed by atoms with E-state index in [9.17, 15) is 9.59 Å². The second-order valence-electron chi connectivity index (χ2n) is 10.3. The number of amides is 2. The lowest BCUT2D eigenvalue weighted by molar-refractivity contribution is -0.126. The molecule has 8 heteroatoms. The average molecular weight is 471 g/mol. The number of nitrogens with one attached hydrogen (secondary N) is 1. The van der Waals surface area contributed by atoms with Crippen molar-refractivity contribution in [2.75, 3.05) is 40.3 Å². The smallest absolute Gasteiger partial charge is 0.253 e. The van der Waals surface area contributed by atoms with Gasteiger partial charge < -0.3 is 24.4 Å². The van der Waals surface area contributed by atoms with Gasteiger partial charge in [0.05, 0.1) is 11.3 Å². The van der Waals surface area contributed by atoms with Gasteiger partial charge in [0.25, 0.3) is 5.91 Å². The third kappa shape index (κ3) is 6.82. The molecule has 186 valence electrons. The summed E-state index contributed by atoms with van der Waals surface area (Å²) in [7, 11) is 4.08. The van der Waals surface area contributed by atoms with Gasteiger partial charge in [0.1, 0.15) is 18.1 Å². The van der Waals surface area contributed by atoms with Crippen molar-refractivity contribution in [2.45, 2.75) is 47.1 Å². The molecule has 2 aromatic rings. The van der Waals surface area contributed by atoms with Crippen molar-refractivity contribution in [2.24, 2.45) is 11.3 Å². The third-order valence-corrected chi connectivity index (χ3v) is 6.28. The Morgan fingerprint density at radius 1 is 1.24 bits per heavy atom. The number of piperidine rings is 1. The minimum atomic E-state index is -0.0519. The van der Waals surface area contributed by atoms with Gasteiger partial charge in [-0.05, 0) is 64.4 Å². The first-order valence-electron chi connectivity index (χ1n) is 11.9. The first-order valence-corrected chi connectivity index (χ1v) is 11.9. The Hall–Kier alpha value is -2.87. The monoisotopic (exact) mass is 470 g/mol. The molecule has 1 aromatic heterocycles. The molecule has 8 nitrogen and oxygen atoms in total. The number of aromatic nitrogens is 1. The van der Waals surface area contributed by atoms with Crippen LogP contribution in [-0.2, 0) is 11.4 Å². The zero-order valence-corrected chi connectivity index (χ0v) is 21.3. The number of rotatable bonds is 9. The maximum Gasteiger partial charge on any atom is 0.253 e. The fourth-order valence-corrected chi connectivity index (χ4v) is 4.49. The molecule has 1 aromatic carbocycles. The number of carbonyl (C=O) groups is 2. The number of hydrogen-bond acceptors (Lipinski definition) is 6. The van der Waals surface area contributed by atoms with Gasteiger partial charge in [0, 0.05) is 37.7 Å². The lowest BCUT2D eigenvalue weighted by atomic mass is 9.91. The van der Waals surface area contributed by atoms with Crippen LogP contribution in [0.25, 0.3) is 0 Å². The van der Waals surface area contributed by atoms with Crippen molar-refractivity contribution in [3.63, 3.8) is 0 Å². The van der Waals surface area contributed by atoms with Crippen LogP contribution in [0.3, 0.4) is 0 Å². The number of carbonyl (C=O) groups excluding carboxylic acids is 2. The minimum absolute atomic E-state index is 0.00837. The topological polar surface area (TPSA) is 87.9 Å². The van der Waals surface area contributed by atoms with Crippen LogP contribution in [0.15, 0.2) is 28.8 Å². The third-order valence-electron chi connectivity index (χ3n) is 6.28. The molecule has 1 aliphatic rings. The van der Waals surface area contributed by atoms with Gasteiger partial charge in [0.2, 0.25) is 5.91 Å². The van der Waals surface area contributed by atoms with Gasteiger partial charge in [-0.2, -0.15) is 0 Å². The molecule has 1 aliphatic heterocycles. The van der Waals surface area contributed by atoms with E-state index < -0.39 is 0 Å². The quantitative estimate of drug-likeness (QED) is 0.604. The molecular formula is C26H38N4O4. The minimum Gasteiger partial charge on any atom is -0.489 e. The van der Waals surface area contributed by atoms with E-state index in [2.05, 4.69) is 29.2 Å². The number of benzene rings is 1. The van der Waals surface area contributed by atoms with Gasteiger partial charge in [-0.15, -0.1) is 0 Å². The van der Waals surface area contributed by atoms with E-state index in [0.29, 0.717) is 50.4 Å². The van der Waals surface area contributed by atoms with E-state index in [4.69, 9.17) is 9.26 Å². The Bertz CT molecular complexity index is 971. The lowest BCUT2D eigenvalue weighted by Crippen LogP contribution is -2.46. The van der Waals surface area contributed by atoms with E-state index in [-0.39, 0.29) is 23.1 Å². The number of nitrogens with zero attached hydrogens (tertiary/aromatic N) is 3. The summed E-state index contributed by atoms with van der Waals surface area (Å²) >= 11 is 0. The number of likely N-dealkylation sites (tertiary alicyclic amines) is 1. The van der Waals surface area contributed by atoms with Crippen LogP contribution in [0.5, 0.6) is 5.75 Å². The summed E-state index contributed by atoms with van der Waals surface area (Å²) in [6, 6.07) is 7.23. The average Bonchev–Trinajstić information content (AvgIpc) is 3.12. The van der Waals surface area contributed by atoms with E-state index in [1.54, 1.807) is 12.1 Å². The Labute approximate surface area is 202 Å². The summed E-state index contributed by atoms with van der Waals surface area (Å²) in [4.78, 5) is 29.7. The Kier molecular flexibility index (Phi) is 8.36. The summed E-state index contributed by atoms with van der Waals surface area (Å²) < 4.78 is 11.1. The van der Waals surface area contributed by atoms with Crippen LogP contribution < -0.4 is 10.1 Å². The van der Waals surface area contributed by atoms with Crippen LogP contribution >= 0.6 is 0 Å². The molecular weight excluding hydrogens is 432 g/mol. The molecule has 0 spiro atoms. The van der Waals surface area contributed by atoms with Crippen molar-refractivity contribution in [1.29, 1.82) is 0 Å². The summed E-state index contributed by atoms with van der Waals surface area (Å²) in [5.74, 6) is 1.37. The van der Waals surface area contributed by atoms with Crippen LogP contribution in [0.1, 0.15) is 54.1 Å². The molecule has 3 rings (SSSR count). The first kappa shape index (κ1) is 25.7. The van der Waals surface area contributed by atoms with Gasteiger partial charge in [0.15, 0.2) is 0 Å². The molecule has 0 saturated carbocycles. The Balaban J connectivity index is 1.50. The molecule has 1 fully saturated rings. The van der Waals surface area contributed by atoms with Crippen molar-refractivity contribution in [3.05, 3.63) is 46.8 Å². The summed E-state index contributed by atoms with van der Waals surface area (Å²) in [6.45, 7) is 11.1. The van der Waals surface area contributed by atoms with Gasteiger partial charge in [-0.1, -0.05) is 25.1 Å². The Morgan fingerprint density at radius 3 is 2.56 bits per heavy atom. The zero-order valence-electron chi connectivity index (χ0n) is 21.3. The van der Waals surface area contributed by atoms with Crippen molar-refractivity contribution < 1.29 is 18.8 Å². The highest BCUT2D eigenvalue weighted by atomic mass is 16.5. The standard InChI is InChI=1S/C26H38N4O4/c1-18-23(19(2)34-28-18)15-33-22-9-7-8-21(14-22)25(32)30-12-10-20(11-13-30)24(31)27-16-26(3,4)17-29(5)6/h7-9,14,20H,10-13,15-17H2,1-6H3,(H,27,31). The number of hydrogen-bond donors (Lipinski definition) is 1. The van der Waals surface area contributed by atoms with Crippen LogP contribution in [-0.4, -0.2) is 67.0 Å². The molecule has 1 N–H and O–H groups in total. The molecule has 1 saturated heterocycles. The molecule has 34 heavy (non-hydrogen) atoms. The van der Waals surface area contributed by atoms with Crippen molar-refractivity contribution >= 4 is 11.8 Å². The van der Waals surface area contributed by atoms with E-state index in [1.807, 2.05) is 45.0 Å². The predicted octanol–water partition coefficient (Wildman–Crippen LogP) is 3.43. The second-order valence-corrected chi connectivity index (χ2v) is 10.3. The highest BCUT2D eigenvalue weighted by molar-refractivity contribution is 5.94. The molecule has 0 radical (unpaired) electrons. The highest BCUT2D eigenvalue weighted by Crippen LogP contribution is 2.23. The molecule has 0 bridgehead atoms. The van der Waals surface area contributed by atoms with Gasteiger partial charge in [-0.3, -0.25) is 9.59 Å². The lowest BCUT2D eigenvalue weighted by Gasteiger charge is -2.33. The zero-order chi connectivity index (χ0) is 24.9. The fraction of sp³-hybridized carbons (Fsp3) is 0.577. The summed E-state index contributed by atoms with van der Waals surface area (Å²) in [5.41, 5.74) is 2.32. The highest BCUT2D eigenvalue weighted by Gasteiger charge is 2.29. The first-order chi connectivity index (χ1) is 16.1. The normalized spacial score (nSPS) is 15.0. The molecule has 0 atom stereocenters. The van der Waals surface area contributed by atoms with Crippen molar-refractivity contribution in [3.8, 4) is 5.75 Å². The second kappa shape index (κ2) is 11.0. The SMILES string of the molecule is Cc1noc(C)c1COc1cccc(C(=O)N2CCC(C(=O)NCC(C)(C)CN(C)C)CC2)c1. The van der Waals surface area contributed by atoms with E-state index >= 15 is 0 Å². The number of ether oxygens (including phenoxy) is 1. The molecule has 0 unspecified atom stereocenters. The van der Waals surface area contributed by atoms with Crippen LogP contribution in [0.4, 0.5) is 0 Å². The molecule has 2 amide bonds. The van der Waals surface area contributed by atoms with Crippen LogP contribution in [0.2, 0.25) is 0 Å². The number of aryl methyl sites for hydroxylation is 2. The Morgan fingerprint density at radius 2 is 1.94 bits per heavy atom. The van der Waals surface area contributed by atoms with E-state index in [0.717, 1.165) is 23.6 Å². The van der Waals surface area contributed by atoms with Gasteiger partial charge in [-0.25, -0.2) is 0 Å². The maximum absolute atomic E-state index is 13.1. The van der Waals surface area contributed by atoms with Crippen LogP contribution in [0, 0.1) is 25.2 Å². The maximum atomic E-state index is 13.1. The largest absolute Gasteiger partial charge is 0.489 e. The summed E-state index contributed by atoms with van der Waals surface area (Å²) in [6.07, 6.45) is 1.35.